The topological polar surface area (TPSA) is 116 Å². The van der Waals surface area contributed by atoms with E-state index in [1.807, 2.05) is 45.9 Å². The van der Waals surface area contributed by atoms with Crippen LogP contribution in [0.3, 0.4) is 0 Å². The zero-order chi connectivity index (χ0) is 30.8. The van der Waals surface area contributed by atoms with Gasteiger partial charge in [0.15, 0.2) is 11.6 Å². The number of amides is 1. The minimum Gasteiger partial charge on any atom is -0.359 e. The van der Waals surface area contributed by atoms with Gasteiger partial charge in [0.05, 0.1) is 5.52 Å². The van der Waals surface area contributed by atoms with Gasteiger partial charge < -0.3 is 25.0 Å². The summed E-state index contributed by atoms with van der Waals surface area (Å²) in [6.07, 6.45) is 4.13. The average molecular weight is 598 g/mol. The van der Waals surface area contributed by atoms with Crippen LogP contribution in [0.4, 0.5) is 23.1 Å². The monoisotopic (exact) mass is 597 g/mol. The number of benzene rings is 1. The molecule has 0 spiro atoms. The van der Waals surface area contributed by atoms with E-state index >= 15 is 0 Å². The third-order valence-electron chi connectivity index (χ3n) is 8.76. The Morgan fingerprint density at radius 2 is 1.77 bits per heavy atom. The Morgan fingerprint density at radius 3 is 2.50 bits per heavy atom. The number of fused-ring (bicyclic) bond motifs is 1. The summed E-state index contributed by atoms with van der Waals surface area (Å²) in [6.45, 7) is 15.7. The van der Waals surface area contributed by atoms with Crippen LogP contribution in [-0.2, 0) is 5.41 Å². The summed E-state index contributed by atoms with van der Waals surface area (Å²) in [5, 5.41) is 10.3. The van der Waals surface area contributed by atoms with Crippen molar-refractivity contribution in [2.75, 3.05) is 68.4 Å². The number of hydrogen-bond acceptors (Lipinski definition) is 10. The van der Waals surface area contributed by atoms with Gasteiger partial charge in [-0.3, -0.25) is 9.69 Å². The molecule has 232 valence electrons. The fraction of sp³-hybridized carbons (Fsp3) is 0.485. The first-order chi connectivity index (χ1) is 21.1. The average Bonchev–Trinajstić information content (AvgIpc) is 3.49. The van der Waals surface area contributed by atoms with Crippen LogP contribution in [-0.4, -0.2) is 88.7 Å². The SMILES string of the molecule is Cc1ccc(C(=O)Nc2cc(C(C)(C)C)on2)cc1Nc1ncnc2ccc(N3CCN(CC4CCN(C)CC4)CC3)nc12. The van der Waals surface area contributed by atoms with E-state index in [-0.39, 0.29) is 11.3 Å². The molecule has 44 heavy (non-hydrogen) atoms. The Morgan fingerprint density at radius 1 is 1.00 bits per heavy atom. The molecule has 4 aromatic rings. The lowest BCUT2D eigenvalue weighted by Gasteiger charge is -2.38. The van der Waals surface area contributed by atoms with E-state index in [4.69, 9.17) is 9.51 Å². The molecule has 5 heterocycles. The number of anilines is 4. The maximum Gasteiger partial charge on any atom is 0.256 e. The zero-order valence-electron chi connectivity index (χ0n) is 26.4. The molecule has 1 aromatic carbocycles. The maximum atomic E-state index is 13.1. The van der Waals surface area contributed by atoms with Crippen LogP contribution in [0.1, 0.15) is 55.3 Å². The summed E-state index contributed by atoms with van der Waals surface area (Å²) in [6, 6.07) is 11.3. The number of carbonyl (C=O) groups is 1. The predicted octanol–water partition coefficient (Wildman–Crippen LogP) is 5.08. The second-order valence-corrected chi connectivity index (χ2v) is 13.2. The molecule has 11 nitrogen and oxygen atoms in total. The number of pyridine rings is 1. The Hall–Kier alpha value is -4.09. The fourth-order valence-corrected chi connectivity index (χ4v) is 5.87. The molecule has 0 aliphatic carbocycles. The number of rotatable bonds is 7. The van der Waals surface area contributed by atoms with Crippen molar-refractivity contribution >= 4 is 40.1 Å². The number of aryl methyl sites for hydroxylation is 1. The Labute approximate surface area is 259 Å². The number of likely N-dealkylation sites (tertiary alicyclic amines) is 1. The lowest BCUT2D eigenvalue weighted by molar-refractivity contribution is 0.102. The van der Waals surface area contributed by atoms with Crippen molar-refractivity contribution < 1.29 is 9.32 Å². The van der Waals surface area contributed by atoms with Crippen molar-refractivity contribution in [2.45, 2.75) is 46.0 Å². The van der Waals surface area contributed by atoms with Crippen LogP contribution in [0, 0.1) is 12.8 Å². The summed E-state index contributed by atoms with van der Waals surface area (Å²) in [5.41, 5.74) is 3.49. The van der Waals surface area contributed by atoms with Gasteiger partial charge >= 0.3 is 0 Å². The van der Waals surface area contributed by atoms with E-state index in [9.17, 15) is 4.79 Å². The molecule has 2 saturated heterocycles. The van der Waals surface area contributed by atoms with Crippen molar-refractivity contribution in [1.29, 1.82) is 0 Å². The minimum atomic E-state index is -0.273. The van der Waals surface area contributed by atoms with Crippen LogP contribution in [0.2, 0.25) is 0 Å². The van der Waals surface area contributed by atoms with Crippen LogP contribution in [0.5, 0.6) is 0 Å². The quantitative estimate of drug-likeness (QED) is 0.299. The van der Waals surface area contributed by atoms with E-state index in [1.165, 1.54) is 38.8 Å². The van der Waals surface area contributed by atoms with Crippen molar-refractivity contribution in [3.63, 3.8) is 0 Å². The molecule has 2 aliphatic heterocycles. The van der Waals surface area contributed by atoms with Gasteiger partial charge in [-0.05, 0) is 75.6 Å². The van der Waals surface area contributed by atoms with Gasteiger partial charge in [0, 0.05) is 55.5 Å². The summed E-state index contributed by atoms with van der Waals surface area (Å²) >= 11 is 0. The second-order valence-electron chi connectivity index (χ2n) is 13.2. The molecule has 3 aromatic heterocycles. The van der Waals surface area contributed by atoms with Crippen molar-refractivity contribution in [2.24, 2.45) is 5.92 Å². The van der Waals surface area contributed by atoms with Crippen LogP contribution >= 0.6 is 0 Å². The smallest absolute Gasteiger partial charge is 0.256 e. The third kappa shape index (κ3) is 6.84. The van der Waals surface area contributed by atoms with Gasteiger partial charge in [-0.25, -0.2) is 15.0 Å². The molecule has 2 aliphatic rings. The Kier molecular flexibility index (Phi) is 8.50. The number of hydrogen-bond donors (Lipinski definition) is 2. The molecule has 0 atom stereocenters. The van der Waals surface area contributed by atoms with Crippen molar-refractivity contribution in [3.8, 4) is 0 Å². The molecule has 11 heteroatoms. The predicted molar refractivity (Wildman–Crippen MR) is 174 cm³/mol. The van der Waals surface area contributed by atoms with Gasteiger partial charge in [0.2, 0.25) is 0 Å². The minimum absolute atomic E-state index is 0.203. The van der Waals surface area contributed by atoms with E-state index in [0.29, 0.717) is 28.5 Å². The number of carbonyl (C=O) groups excluding carboxylic acids is 1. The molecule has 0 radical (unpaired) electrons. The number of aromatic nitrogens is 4. The summed E-state index contributed by atoms with van der Waals surface area (Å²) < 4.78 is 5.42. The highest BCUT2D eigenvalue weighted by atomic mass is 16.5. The van der Waals surface area contributed by atoms with E-state index in [0.717, 1.165) is 54.7 Å². The van der Waals surface area contributed by atoms with Crippen LogP contribution < -0.4 is 15.5 Å². The van der Waals surface area contributed by atoms with Crippen molar-refractivity contribution in [1.82, 2.24) is 29.9 Å². The van der Waals surface area contributed by atoms with Gasteiger partial charge in [0.1, 0.15) is 23.4 Å². The summed E-state index contributed by atoms with van der Waals surface area (Å²) in [5.74, 6) is 3.15. The number of nitrogens with zero attached hydrogens (tertiary/aromatic N) is 7. The van der Waals surface area contributed by atoms with Crippen LogP contribution in [0.25, 0.3) is 11.0 Å². The molecular formula is C33H43N9O2. The van der Waals surface area contributed by atoms with Gasteiger partial charge in [-0.15, -0.1) is 0 Å². The van der Waals surface area contributed by atoms with Gasteiger partial charge in [-0.2, -0.15) is 0 Å². The lowest BCUT2D eigenvalue weighted by atomic mass is 9.93. The molecule has 0 saturated carbocycles. The first-order valence-corrected chi connectivity index (χ1v) is 15.6. The number of nitrogens with one attached hydrogen (secondary N) is 2. The number of piperidine rings is 1. The Bertz CT molecular complexity index is 1610. The summed E-state index contributed by atoms with van der Waals surface area (Å²) in [4.78, 5) is 34.5. The standard InChI is InChI=1S/C33H43N9O2/c1-22-6-7-24(32(43)37-28-19-27(44-39-28)33(2,3)4)18-26(22)36-31-30-25(34-21-35-31)8-9-29(38-30)42-16-14-41(15-17-42)20-23-10-12-40(5)13-11-23/h6-9,18-19,21,23H,10-17,20H2,1-5H3,(H,34,35,36)(H,37,39,43). The fourth-order valence-electron chi connectivity index (χ4n) is 5.87. The van der Waals surface area contributed by atoms with E-state index in [1.54, 1.807) is 12.1 Å². The first kappa shape index (κ1) is 30.0. The molecule has 0 unspecified atom stereocenters. The zero-order valence-corrected chi connectivity index (χ0v) is 26.4. The highest BCUT2D eigenvalue weighted by Gasteiger charge is 2.24. The van der Waals surface area contributed by atoms with E-state index in [2.05, 4.69) is 53.6 Å². The maximum absolute atomic E-state index is 13.1. The van der Waals surface area contributed by atoms with E-state index < -0.39 is 0 Å². The Balaban J connectivity index is 1.14. The largest absolute Gasteiger partial charge is 0.359 e. The van der Waals surface area contributed by atoms with Gasteiger partial charge in [-0.1, -0.05) is 32.0 Å². The van der Waals surface area contributed by atoms with Crippen LogP contribution in [0.15, 0.2) is 47.2 Å². The molecule has 2 N–H and O–H groups in total. The van der Waals surface area contributed by atoms with Gasteiger partial charge in [0.25, 0.3) is 5.91 Å². The molecule has 0 bridgehead atoms. The highest BCUT2D eigenvalue weighted by Crippen LogP contribution is 2.28. The lowest BCUT2D eigenvalue weighted by Crippen LogP contribution is -2.49. The first-order valence-electron chi connectivity index (χ1n) is 15.6. The molecule has 2 fully saturated rings. The highest BCUT2D eigenvalue weighted by molar-refractivity contribution is 6.04. The molecule has 6 rings (SSSR count). The third-order valence-corrected chi connectivity index (χ3v) is 8.76. The summed E-state index contributed by atoms with van der Waals surface area (Å²) in [7, 11) is 2.22. The van der Waals surface area contributed by atoms with Crippen molar-refractivity contribution in [3.05, 3.63) is 59.6 Å². The molecule has 1 amide bonds. The number of piperazine rings is 1. The molecular weight excluding hydrogens is 554 g/mol. The normalized spacial score (nSPS) is 17.2. The second kappa shape index (κ2) is 12.5.